The van der Waals surface area contributed by atoms with Crippen molar-refractivity contribution in [3.63, 3.8) is 0 Å². The third-order valence-corrected chi connectivity index (χ3v) is 6.39. The third-order valence-electron chi connectivity index (χ3n) is 4.27. The quantitative estimate of drug-likeness (QED) is 0.439. The van der Waals surface area contributed by atoms with Crippen molar-refractivity contribution in [2.45, 2.75) is 11.8 Å². The number of fused-ring (bicyclic) bond motifs is 1. The highest BCUT2D eigenvalue weighted by molar-refractivity contribution is 9.10. The lowest BCUT2D eigenvalue weighted by atomic mass is 10.1. The molecule has 2 aromatic heterocycles. The second-order valence-electron chi connectivity index (χ2n) is 6.27. The number of hydrogen-bond donors (Lipinski definition) is 2. The topological polar surface area (TPSA) is 88.4 Å². The standard InChI is InChI=1S/C20H18BrN5O2S/c1-2-23-29(27,28)16-10-8-15(9-11-16)24-19-12-18(14-6-4-3-5-7-14)25-20-17(21)13-22-26(19)20/h3-13,23-24H,2H2,1H3. The Bertz CT molecular complexity index is 1260. The summed E-state index contributed by atoms with van der Waals surface area (Å²) in [7, 11) is -3.49. The fraction of sp³-hybridized carbons (Fsp3) is 0.100. The minimum Gasteiger partial charge on any atom is -0.340 e. The number of sulfonamides is 1. The van der Waals surface area contributed by atoms with Gasteiger partial charge in [0.15, 0.2) is 5.65 Å². The van der Waals surface area contributed by atoms with Crippen LogP contribution in [0.1, 0.15) is 6.92 Å². The molecule has 0 atom stereocenters. The fourth-order valence-electron chi connectivity index (χ4n) is 2.92. The Morgan fingerprint density at radius 3 is 2.48 bits per heavy atom. The molecule has 2 heterocycles. The van der Waals surface area contributed by atoms with Crippen LogP contribution in [0, 0.1) is 0 Å². The van der Waals surface area contributed by atoms with Gasteiger partial charge in [-0.2, -0.15) is 9.61 Å². The van der Waals surface area contributed by atoms with Crippen molar-refractivity contribution in [1.29, 1.82) is 0 Å². The average Bonchev–Trinajstić information content (AvgIpc) is 3.10. The number of anilines is 2. The van der Waals surface area contributed by atoms with Gasteiger partial charge in [0.2, 0.25) is 10.0 Å². The zero-order chi connectivity index (χ0) is 20.4. The highest BCUT2D eigenvalue weighted by Gasteiger charge is 2.14. The molecule has 2 aromatic carbocycles. The van der Waals surface area contributed by atoms with Gasteiger partial charge in [-0.25, -0.2) is 18.1 Å². The number of benzene rings is 2. The predicted molar refractivity (Wildman–Crippen MR) is 117 cm³/mol. The molecule has 148 valence electrons. The molecule has 0 unspecified atom stereocenters. The number of aromatic nitrogens is 3. The van der Waals surface area contributed by atoms with Gasteiger partial charge in [0.25, 0.3) is 0 Å². The maximum absolute atomic E-state index is 12.1. The second-order valence-corrected chi connectivity index (χ2v) is 8.89. The molecule has 0 saturated heterocycles. The molecule has 0 fully saturated rings. The molecule has 0 amide bonds. The van der Waals surface area contributed by atoms with E-state index < -0.39 is 10.0 Å². The van der Waals surface area contributed by atoms with Gasteiger partial charge < -0.3 is 5.32 Å². The van der Waals surface area contributed by atoms with Gasteiger partial charge in [-0.1, -0.05) is 37.3 Å². The Labute approximate surface area is 177 Å². The molecule has 9 heteroatoms. The van der Waals surface area contributed by atoms with Gasteiger partial charge in [0.05, 0.1) is 21.3 Å². The average molecular weight is 472 g/mol. The van der Waals surface area contributed by atoms with Crippen LogP contribution in [0.3, 0.4) is 0 Å². The summed E-state index contributed by atoms with van der Waals surface area (Å²) in [5, 5.41) is 7.67. The minimum absolute atomic E-state index is 0.219. The molecule has 0 radical (unpaired) electrons. The number of nitrogens with one attached hydrogen (secondary N) is 2. The van der Waals surface area contributed by atoms with Gasteiger partial charge in [-0.3, -0.25) is 0 Å². The molecular weight excluding hydrogens is 454 g/mol. The summed E-state index contributed by atoms with van der Waals surface area (Å²) in [5.74, 6) is 0.710. The van der Waals surface area contributed by atoms with Crippen molar-refractivity contribution in [3.8, 4) is 11.3 Å². The molecule has 7 nitrogen and oxygen atoms in total. The Morgan fingerprint density at radius 2 is 1.79 bits per heavy atom. The van der Waals surface area contributed by atoms with Crippen molar-refractivity contribution >= 4 is 43.1 Å². The number of hydrogen-bond acceptors (Lipinski definition) is 5. The molecule has 4 rings (SSSR count). The van der Waals surface area contributed by atoms with E-state index in [0.29, 0.717) is 18.0 Å². The second kappa shape index (κ2) is 7.94. The van der Waals surface area contributed by atoms with Gasteiger partial charge in [0, 0.05) is 23.9 Å². The maximum atomic E-state index is 12.1. The van der Waals surface area contributed by atoms with Crippen LogP contribution < -0.4 is 10.0 Å². The van der Waals surface area contributed by atoms with Gasteiger partial charge in [-0.05, 0) is 40.2 Å². The van der Waals surface area contributed by atoms with E-state index in [0.717, 1.165) is 21.4 Å². The van der Waals surface area contributed by atoms with Crippen molar-refractivity contribution in [2.24, 2.45) is 0 Å². The fourth-order valence-corrected chi connectivity index (χ4v) is 4.31. The molecule has 0 aliphatic rings. The lowest BCUT2D eigenvalue weighted by molar-refractivity contribution is 0.584. The summed E-state index contributed by atoms with van der Waals surface area (Å²) in [4.78, 5) is 4.92. The predicted octanol–water partition coefficient (Wildman–Crippen LogP) is 4.20. The monoisotopic (exact) mass is 471 g/mol. The lowest BCUT2D eigenvalue weighted by Crippen LogP contribution is -2.22. The highest BCUT2D eigenvalue weighted by atomic mass is 79.9. The largest absolute Gasteiger partial charge is 0.340 e. The summed E-state index contributed by atoms with van der Waals surface area (Å²) >= 11 is 3.49. The number of nitrogens with zero attached hydrogens (tertiary/aromatic N) is 3. The van der Waals surface area contributed by atoms with E-state index in [1.54, 1.807) is 41.9 Å². The minimum atomic E-state index is -3.49. The molecule has 0 bridgehead atoms. The van der Waals surface area contributed by atoms with Crippen molar-refractivity contribution in [3.05, 3.63) is 71.3 Å². The third kappa shape index (κ3) is 4.02. The summed E-state index contributed by atoms with van der Waals surface area (Å²) < 4.78 is 29.2. The van der Waals surface area contributed by atoms with Gasteiger partial charge >= 0.3 is 0 Å². The van der Waals surface area contributed by atoms with Gasteiger partial charge in [0.1, 0.15) is 5.82 Å². The molecule has 0 saturated carbocycles. The molecule has 2 N–H and O–H groups in total. The Balaban J connectivity index is 1.72. The van der Waals surface area contributed by atoms with Crippen LogP contribution >= 0.6 is 15.9 Å². The van der Waals surface area contributed by atoms with Crippen molar-refractivity contribution in [1.82, 2.24) is 19.3 Å². The first kappa shape index (κ1) is 19.6. The van der Waals surface area contributed by atoms with E-state index in [1.165, 1.54) is 0 Å². The maximum Gasteiger partial charge on any atom is 0.240 e. The van der Waals surface area contributed by atoms with E-state index in [9.17, 15) is 8.42 Å². The molecule has 29 heavy (non-hydrogen) atoms. The lowest BCUT2D eigenvalue weighted by Gasteiger charge is -2.12. The van der Waals surface area contributed by atoms with Gasteiger partial charge in [-0.15, -0.1) is 0 Å². The van der Waals surface area contributed by atoms with Crippen LogP contribution in [0.5, 0.6) is 0 Å². The number of rotatable bonds is 6. The van der Waals surface area contributed by atoms with Crippen LogP contribution in [-0.2, 0) is 10.0 Å². The summed E-state index contributed by atoms with van der Waals surface area (Å²) in [5.41, 5.74) is 3.20. The van der Waals surface area contributed by atoms with Crippen LogP contribution in [0.4, 0.5) is 11.5 Å². The Morgan fingerprint density at radius 1 is 1.07 bits per heavy atom. The molecule has 0 aliphatic carbocycles. The first-order valence-electron chi connectivity index (χ1n) is 8.94. The zero-order valence-corrected chi connectivity index (χ0v) is 17.9. The van der Waals surface area contributed by atoms with E-state index >= 15 is 0 Å². The van der Waals surface area contributed by atoms with E-state index in [1.807, 2.05) is 36.4 Å². The smallest absolute Gasteiger partial charge is 0.240 e. The van der Waals surface area contributed by atoms with Crippen molar-refractivity contribution in [2.75, 3.05) is 11.9 Å². The first-order valence-corrected chi connectivity index (χ1v) is 11.2. The molecule has 0 aliphatic heterocycles. The van der Waals surface area contributed by atoms with Crippen LogP contribution in [0.25, 0.3) is 16.9 Å². The molecule has 4 aromatic rings. The summed E-state index contributed by atoms with van der Waals surface area (Å²) in [6, 6.07) is 18.3. The Kier molecular flexibility index (Phi) is 5.35. The highest BCUT2D eigenvalue weighted by Crippen LogP contribution is 2.27. The number of halogens is 1. The first-order chi connectivity index (χ1) is 14.0. The zero-order valence-electron chi connectivity index (χ0n) is 15.5. The molecule has 0 spiro atoms. The normalized spacial score (nSPS) is 11.7. The SMILES string of the molecule is CCNS(=O)(=O)c1ccc(Nc2cc(-c3ccccc3)nc3c(Br)cnn23)cc1. The van der Waals surface area contributed by atoms with Crippen LogP contribution in [0.15, 0.2) is 76.2 Å². The summed E-state index contributed by atoms with van der Waals surface area (Å²) in [6.45, 7) is 2.09. The molecular formula is C20H18BrN5O2S. The van der Waals surface area contributed by atoms with E-state index in [-0.39, 0.29) is 4.90 Å². The van der Waals surface area contributed by atoms with E-state index in [2.05, 4.69) is 31.1 Å². The van der Waals surface area contributed by atoms with Crippen LogP contribution in [-0.4, -0.2) is 29.6 Å². The van der Waals surface area contributed by atoms with Crippen molar-refractivity contribution < 1.29 is 8.42 Å². The van der Waals surface area contributed by atoms with Crippen LogP contribution in [0.2, 0.25) is 0 Å². The summed E-state index contributed by atoms with van der Waals surface area (Å²) in [6.07, 6.45) is 1.69. The van der Waals surface area contributed by atoms with E-state index in [4.69, 9.17) is 4.98 Å². The Hall–Kier alpha value is -2.75.